The van der Waals surface area contributed by atoms with Gasteiger partial charge in [0.1, 0.15) is 6.61 Å². The Kier molecular flexibility index (Phi) is 5.01. The van der Waals surface area contributed by atoms with Crippen molar-refractivity contribution in [2.24, 2.45) is 0 Å². The van der Waals surface area contributed by atoms with Gasteiger partial charge >= 0.3 is 0 Å². The molecule has 4 nitrogen and oxygen atoms in total. The van der Waals surface area contributed by atoms with Gasteiger partial charge in [-0.15, -0.1) is 0 Å². The lowest BCUT2D eigenvalue weighted by molar-refractivity contribution is -0.129. The maximum absolute atomic E-state index is 12.1. The third-order valence-electron chi connectivity index (χ3n) is 4.27. The predicted octanol–water partition coefficient (Wildman–Crippen LogP) is 2.03. The lowest BCUT2D eigenvalue weighted by atomic mass is 9.95. The molecule has 2 heterocycles. The van der Waals surface area contributed by atoms with Crippen molar-refractivity contribution in [1.82, 2.24) is 5.32 Å². The molecular formula is C17H23NO3. The van der Waals surface area contributed by atoms with Crippen LogP contribution in [-0.4, -0.2) is 38.2 Å². The van der Waals surface area contributed by atoms with Crippen molar-refractivity contribution in [3.63, 3.8) is 0 Å². The fourth-order valence-corrected chi connectivity index (χ4v) is 3.08. The van der Waals surface area contributed by atoms with E-state index >= 15 is 0 Å². The second-order valence-corrected chi connectivity index (χ2v) is 5.81. The van der Waals surface area contributed by atoms with Gasteiger partial charge in [-0.3, -0.25) is 4.79 Å². The summed E-state index contributed by atoms with van der Waals surface area (Å²) >= 11 is 0. The quantitative estimate of drug-likeness (QED) is 0.901. The molecule has 1 aromatic carbocycles. The summed E-state index contributed by atoms with van der Waals surface area (Å²) in [5.41, 5.74) is 2.47. The van der Waals surface area contributed by atoms with Gasteiger partial charge in [0, 0.05) is 6.42 Å². The zero-order valence-electron chi connectivity index (χ0n) is 12.3. The minimum absolute atomic E-state index is 0.0981. The largest absolute Gasteiger partial charge is 0.373 e. The van der Waals surface area contributed by atoms with Gasteiger partial charge in [-0.25, -0.2) is 0 Å². The summed E-state index contributed by atoms with van der Waals surface area (Å²) in [5, 5.41) is 3.29. The minimum Gasteiger partial charge on any atom is -0.373 e. The molecule has 114 valence electrons. The van der Waals surface area contributed by atoms with E-state index in [4.69, 9.17) is 9.47 Å². The highest BCUT2D eigenvalue weighted by molar-refractivity contribution is 5.80. The van der Waals surface area contributed by atoms with Gasteiger partial charge in [0.15, 0.2) is 5.78 Å². The van der Waals surface area contributed by atoms with Crippen LogP contribution in [0.4, 0.5) is 0 Å². The van der Waals surface area contributed by atoms with Crippen LogP contribution in [0.15, 0.2) is 24.3 Å². The van der Waals surface area contributed by atoms with Gasteiger partial charge in [-0.2, -0.15) is 0 Å². The van der Waals surface area contributed by atoms with Crippen LogP contribution in [-0.2, 0) is 20.7 Å². The van der Waals surface area contributed by atoms with Crippen molar-refractivity contribution in [3.05, 3.63) is 35.4 Å². The number of hydrogen-bond donors (Lipinski definition) is 1. The molecule has 0 bridgehead atoms. The fourth-order valence-electron chi connectivity index (χ4n) is 3.08. The van der Waals surface area contributed by atoms with Crippen LogP contribution in [0, 0.1) is 0 Å². The Bertz CT molecular complexity index is 483. The maximum atomic E-state index is 12.1. The molecule has 0 aromatic heterocycles. The Balaban J connectivity index is 1.51. The normalized spacial score (nSPS) is 22.8. The highest BCUT2D eigenvalue weighted by atomic mass is 16.5. The van der Waals surface area contributed by atoms with Crippen LogP contribution < -0.4 is 5.32 Å². The van der Waals surface area contributed by atoms with Crippen LogP contribution in [0.5, 0.6) is 0 Å². The summed E-state index contributed by atoms with van der Waals surface area (Å²) < 4.78 is 11.5. The smallest absolute Gasteiger partial charge is 0.161 e. The second kappa shape index (κ2) is 7.16. The number of Topliss-reactive ketones (excluding diaryl/α,β-unsaturated/α-hetero) is 1. The number of fused-ring (bicyclic) bond motifs is 1. The number of benzene rings is 1. The molecule has 1 N–H and O–H groups in total. The third-order valence-corrected chi connectivity index (χ3v) is 4.27. The van der Waals surface area contributed by atoms with E-state index in [-0.39, 0.29) is 24.6 Å². The first-order chi connectivity index (χ1) is 10.3. The first-order valence-corrected chi connectivity index (χ1v) is 7.86. The standard InChI is InChI=1S/C17H23NO3/c19-14(12-21-15-5-8-18-9-6-15)11-17-16-4-2-1-3-13(16)7-10-20-17/h1-4,15,17-18H,5-12H2. The van der Waals surface area contributed by atoms with Crippen LogP contribution in [0.2, 0.25) is 0 Å². The monoisotopic (exact) mass is 289 g/mol. The molecule has 2 aliphatic heterocycles. The Morgan fingerprint density at radius 3 is 2.95 bits per heavy atom. The van der Waals surface area contributed by atoms with Gasteiger partial charge < -0.3 is 14.8 Å². The minimum atomic E-state index is -0.0981. The molecule has 0 radical (unpaired) electrons. The first-order valence-electron chi connectivity index (χ1n) is 7.86. The number of ketones is 1. The summed E-state index contributed by atoms with van der Waals surface area (Å²) in [4.78, 5) is 12.1. The molecule has 0 spiro atoms. The Hall–Kier alpha value is -1.23. The molecule has 1 unspecified atom stereocenters. The molecular weight excluding hydrogens is 266 g/mol. The van der Waals surface area contributed by atoms with Crippen molar-refractivity contribution >= 4 is 5.78 Å². The average Bonchev–Trinajstić information content (AvgIpc) is 2.54. The summed E-state index contributed by atoms with van der Waals surface area (Å²) in [6.07, 6.45) is 3.48. The Morgan fingerprint density at radius 1 is 1.29 bits per heavy atom. The topological polar surface area (TPSA) is 47.6 Å². The molecule has 2 aliphatic rings. The fraction of sp³-hybridized carbons (Fsp3) is 0.588. The van der Waals surface area contributed by atoms with E-state index in [1.165, 1.54) is 11.1 Å². The van der Waals surface area contributed by atoms with Gasteiger partial charge in [0.2, 0.25) is 0 Å². The summed E-state index contributed by atoms with van der Waals surface area (Å²) in [6, 6.07) is 8.25. The number of carbonyl (C=O) groups excluding carboxylic acids is 1. The van der Waals surface area contributed by atoms with Crippen LogP contribution in [0.1, 0.15) is 36.5 Å². The second-order valence-electron chi connectivity index (χ2n) is 5.81. The van der Waals surface area contributed by atoms with E-state index in [2.05, 4.69) is 17.4 Å². The van der Waals surface area contributed by atoms with Crippen LogP contribution in [0.25, 0.3) is 0 Å². The molecule has 1 fully saturated rings. The number of rotatable bonds is 5. The van der Waals surface area contributed by atoms with Crippen molar-refractivity contribution in [2.45, 2.75) is 37.9 Å². The first kappa shape index (κ1) is 14.7. The lowest BCUT2D eigenvalue weighted by Crippen LogP contribution is -2.33. The SMILES string of the molecule is O=C(COC1CCNCC1)CC1OCCc2ccccc21. The molecule has 1 saturated heterocycles. The lowest BCUT2D eigenvalue weighted by Gasteiger charge is -2.26. The third kappa shape index (κ3) is 3.90. The van der Waals surface area contributed by atoms with E-state index < -0.39 is 0 Å². The zero-order chi connectivity index (χ0) is 14.5. The average molecular weight is 289 g/mol. The number of hydrogen-bond acceptors (Lipinski definition) is 4. The van der Waals surface area contributed by atoms with Gasteiger partial charge in [0.25, 0.3) is 0 Å². The summed E-state index contributed by atoms with van der Waals surface area (Å²) in [5.74, 6) is 0.134. The van der Waals surface area contributed by atoms with E-state index in [1.807, 2.05) is 12.1 Å². The Labute approximate surface area is 125 Å². The number of ether oxygens (including phenoxy) is 2. The molecule has 1 atom stereocenters. The predicted molar refractivity (Wildman–Crippen MR) is 80.3 cm³/mol. The van der Waals surface area contributed by atoms with Gasteiger partial charge in [-0.1, -0.05) is 24.3 Å². The Morgan fingerprint density at radius 2 is 2.10 bits per heavy atom. The van der Waals surface area contributed by atoms with E-state index in [0.717, 1.165) is 32.4 Å². The molecule has 4 heteroatoms. The van der Waals surface area contributed by atoms with Crippen molar-refractivity contribution in [3.8, 4) is 0 Å². The number of nitrogens with one attached hydrogen (secondary N) is 1. The van der Waals surface area contributed by atoms with E-state index in [9.17, 15) is 4.79 Å². The van der Waals surface area contributed by atoms with Crippen LogP contribution in [0.3, 0.4) is 0 Å². The molecule has 21 heavy (non-hydrogen) atoms. The summed E-state index contributed by atoms with van der Waals surface area (Å²) in [6.45, 7) is 2.88. The molecule has 0 aliphatic carbocycles. The maximum Gasteiger partial charge on any atom is 0.161 e. The zero-order valence-corrected chi connectivity index (χ0v) is 12.3. The molecule has 0 amide bonds. The highest BCUT2D eigenvalue weighted by Crippen LogP contribution is 2.29. The highest BCUT2D eigenvalue weighted by Gasteiger charge is 2.23. The number of piperidine rings is 1. The number of carbonyl (C=O) groups is 1. The van der Waals surface area contributed by atoms with Crippen molar-refractivity contribution in [2.75, 3.05) is 26.3 Å². The molecule has 0 saturated carbocycles. The van der Waals surface area contributed by atoms with E-state index in [0.29, 0.717) is 13.0 Å². The van der Waals surface area contributed by atoms with E-state index in [1.54, 1.807) is 0 Å². The van der Waals surface area contributed by atoms with Crippen molar-refractivity contribution < 1.29 is 14.3 Å². The van der Waals surface area contributed by atoms with Gasteiger partial charge in [-0.05, 0) is 43.5 Å². The molecule has 3 rings (SSSR count). The summed E-state index contributed by atoms with van der Waals surface area (Å²) in [7, 11) is 0. The van der Waals surface area contributed by atoms with Crippen LogP contribution >= 0.6 is 0 Å². The van der Waals surface area contributed by atoms with Gasteiger partial charge in [0.05, 0.1) is 18.8 Å². The van der Waals surface area contributed by atoms with Crippen molar-refractivity contribution in [1.29, 1.82) is 0 Å². The molecule has 1 aromatic rings.